The fraction of sp³-hybridized carbons (Fsp3) is 0.312. The van der Waals surface area contributed by atoms with Crippen molar-refractivity contribution in [2.75, 3.05) is 6.54 Å². The molecule has 2 atom stereocenters. The number of aliphatic hydroxyl groups excluding tert-OH is 2. The fourth-order valence-corrected chi connectivity index (χ4v) is 2.80. The van der Waals surface area contributed by atoms with Crippen LogP contribution in [0.4, 0.5) is 4.79 Å². The number of rotatable bonds is 6. The van der Waals surface area contributed by atoms with Crippen molar-refractivity contribution in [2.24, 2.45) is 0 Å². The van der Waals surface area contributed by atoms with E-state index in [1.165, 1.54) is 11.3 Å². The molecule has 0 aliphatic heterocycles. The number of thiophene rings is 1. The number of carbonyl (C=O) groups excluding carboxylic acids is 1. The minimum atomic E-state index is -1.08. The van der Waals surface area contributed by atoms with Crippen LogP contribution in [-0.4, -0.2) is 29.0 Å². The zero-order chi connectivity index (χ0) is 15.9. The third-order valence-corrected chi connectivity index (χ3v) is 4.16. The molecule has 0 saturated carbocycles. The van der Waals surface area contributed by atoms with Gasteiger partial charge in [-0.3, -0.25) is 0 Å². The third kappa shape index (κ3) is 4.84. The van der Waals surface area contributed by atoms with Crippen molar-refractivity contribution < 1.29 is 19.7 Å². The van der Waals surface area contributed by atoms with Gasteiger partial charge in [-0.05, 0) is 24.6 Å². The van der Waals surface area contributed by atoms with E-state index in [1.54, 1.807) is 6.07 Å². The molecule has 2 aromatic rings. The van der Waals surface area contributed by atoms with E-state index in [0.29, 0.717) is 4.88 Å². The van der Waals surface area contributed by atoms with Gasteiger partial charge in [0.05, 0.1) is 0 Å². The second-order valence-corrected chi connectivity index (χ2v) is 6.22. The van der Waals surface area contributed by atoms with Crippen molar-refractivity contribution in [2.45, 2.75) is 25.7 Å². The van der Waals surface area contributed by atoms with E-state index in [2.05, 4.69) is 5.32 Å². The molecule has 6 heteroatoms. The van der Waals surface area contributed by atoms with Crippen LogP contribution in [0.2, 0.25) is 0 Å². The summed E-state index contributed by atoms with van der Waals surface area (Å²) in [5, 5.41) is 22.3. The number of aryl methyl sites for hydroxylation is 1. The van der Waals surface area contributed by atoms with Crippen molar-refractivity contribution in [3.8, 4) is 0 Å². The van der Waals surface area contributed by atoms with E-state index in [-0.39, 0.29) is 13.2 Å². The van der Waals surface area contributed by atoms with Crippen LogP contribution >= 0.6 is 11.3 Å². The van der Waals surface area contributed by atoms with Crippen LogP contribution < -0.4 is 5.32 Å². The maximum Gasteiger partial charge on any atom is 0.407 e. The molecule has 0 fully saturated rings. The number of ether oxygens (including phenoxy) is 1. The maximum absolute atomic E-state index is 11.6. The molecule has 0 bridgehead atoms. The highest BCUT2D eigenvalue weighted by molar-refractivity contribution is 7.12. The lowest BCUT2D eigenvalue weighted by molar-refractivity contribution is 0.0205. The van der Waals surface area contributed by atoms with Gasteiger partial charge in [0.15, 0.2) is 0 Å². The minimum Gasteiger partial charge on any atom is -0.445 e. The van der Waals surface area contributed by atoms with Gasteiger partial charge in [0.2, 0.25) is 0 Å². The van der Waals surface area contributed by atoms with Crippen LogP contribution in [0.15, 0.2) is 42.5 Å². The summed E-state index contributed by atoms with van der Waals surface area (Å²) in [4.78, 5) is 13.3. The quantitative estimate of drug-likeness (QED) is 0.763. The lowest BCUT2D eigenvalue weighted by Gasteiger charge is -2.17. The van der Waals surface area contributed by atoms with Crippen LogP contribution in [0.1, 0.15) is 21.4 Å². The summed E-state index contributed by atoms with van der Waals surface area (Å²) in [6.45, 7) is 2.01. The molecule has 0 saturated heterocycles. The number of alkyl carbamates (subject to hydrolysis) is 1. The molecule has 0 aliphatic rings. The monoisotopic (exact) mass is 321 g/mol. The Labute approximate surface area is 133 Å². The summed E-state index contributed by atoms with van der Waals surface area (Å²) in [5.74, 6) is 0. The third-order valence-electron chi connectivity index (χ3n) is 3.09. The highest BCUT2D eigenvalue weighted by atomic mass is 32.1. The number of aliphatic hydroxyl groups is 2. The van der Waals surface area contributed by atoms with Gasteiger partial charge in [-0.1, -0.05) is 30.3 Å². The molecular weight excluding hydrogens is 302 g/mol. The fourth-order valence-electron chi connectivity index (χ4n) is 1.88. The molecule has 3 N–H and O–H groups in total. The Morgan fingerprint density at radius 2 is 1.95 bits per heavy atom. The normalized spacial score (nSPS) is 13.4. The first-order chi connectivity index (χ1) is 10.6. The number of nitrogens with one attached hydrogen (secondary N) is 1. The van der Waals surface area contributed by atoms with E-state index >= 15 is 0 Å². The molecular formula is C16H19NO4S. The van der Waals surface area contributed by atoms with Gasteiger partial charge >= 0.3 is 6.09 Å². The maximum atomic E-state index is 11.6. The minimum absolute atomic E-state index is 0.0776. The largest absolute Gasteiger partial charge is 0.445 e. The average Bonchev–Trinajstić information content (AvgIpc) is 2.97. The van der Waals surface area contributed by atoms with Crippen molar-refractivity contribution >= 4 is 17.4 Å². The van der Waals surface area contributed by atoms with E-state index < -0.39 is 18.3 Å². The Bertz CT molecular complexity index is 599. The van der Waals surface area contributed by atoms with E-state index in [9.17, 15) is 15.0 Å². The molecule has 1 amide bonds. The van der Waals surface area contributed by atoms with Crippen molar-refractivity contribution in [3.05, 3.63) is 57.8 Å². The molecule has 2 rings (SSSR count). The van der Waals surface area contributed by atoms with Gasteiger partial charge in [0.25, 0.3) is 0 Å². The van der Waals surface area contributed by atoms with Crippen LogP contribution in [0.25, 0.3) is 0 Å². The first kappa shape index (κ1) is 16.5. The predicted octanol–water partition coefficient (Wildman–Crippen LogP) is 2.38. The van der Waals surface area contributed by atoms with Gasteiger partial charge in [0, 0.05) is 16.3 Å². The lowest BCUT2D eigenvalue weighted by Crippen LogP contribution is -2.35. The van der Waals surface area contributed by atoms with E-state index in [4.69, 9.17) is 4.74 Å². The van der Waals surface area contributed by atoms with Gasteiger partial charge in [-0.25, -0.2) is 4.79 Å². The summed E-state index contributed by atoms with van der Waals surface area (Å²) in [5.41, 5.74) is 0.882. The van der Waals surface area contributed by atoms with E-state index in [1.807, 2.05) is 43.3 Å². The zero-order valence-corrected chi connectivity index (χ0v) is 13.0. The predicted molar refractivity (Wildman–Crippen MR) is 84.7 cm³/mol. The Kier molecular flexibility index (Phi) is 5.94. The Hall–Kier alpha value is -1.89. The molecule has 22 heavy (non-hydrogen) atoms. The molecule has 1 aromatic carbocycles. The number of carbonyl (C=O) groups is 1. The van der Waals surface area contributed by atoms with Crippen LogP contribution in [0.3, 0.4) is 0 Å². The zero-order valence-electron chi connectivity index (χ0n) is 12.2. The van der Waals surface area contributed by atoms with Crippen molar-refractivity contribution in [1.82, 2.24) is 5.32 Å². The molecule has 118 valence electrons. The SMILES string of the molecule is Cc1ccc(C(O)C(O)CNC(=O)OCc2ccccc2)s1. The molecule has 2 unspecified atom stereocenters. The smallest absolute Gasteiger partial charge is 0.407 e. The van der Waals surface area contributed by atoms with Crippen LogP contribution in [0.5, 0.6) is 0 Å². The number of hydrogen-bond acceptors (Lipinski definition) is 5. The van der Waals surface area contributed by atoms with Crippen LogP contribution in [-0.2, 0) is 11.3 Å². The molecule has 1 heterocycles. The molecule has 5 nitrogen and oxygen atoms in total. The van der Waals surface area contributed by atoms with Crippen molar-refractivity contribution in [3.63, 3.8) is 0 Å². The highest BCUT2D eigenvalue weighted by Crippen LogP contribution is 2.24. The number of hydrogen-bond donors (Lipinski definition) is 3. The summed E-state index contributed by atoms with van der Waals surface area (Å²) < 4.78 is 5.03. The summed E-state index contributed by atoms with van der Waals surface area (Å²) in [7, 11) is 0. The topological polar surface area (TPSA) is 78.8 Å². The molecule has 0 spiro atoms. The first-order valence-electron chi connectivity index (χ1n) is 6.93. The second kappa shape index (κ2) is 7.93. The summed E-state index contributed by atoms with van der Waals surface area (Å²) in [6, 6.07) is 12.9. The van der Waals surface area contributed by atoms with Crippen molar-refractivity contribution in [1.29, 1.82) is 0 Å². The first-order valence-corrected chi connectivity index (χ1v) is 7.75. The standard InChI is InChI=1S/C16H19NO4S/c1-11-7-8-14(22-11)15(19)13(18)9-17-16(20)21-10-12-5-3-2-4-6-12/h2-8,13,15,18-19H,9-10H2,1H3,(H,17,20). The lowest BCUT2D eigenvalue weighted by atomic mass is 10.1. The highest BCUT2D eigenvalue weighted by Gasteiger charge is 2.20. The summed E-state index contributed by atoms with van der Waals surface area (Å²) >= 11 is 1.41. The van der Waals surface area contributed by atoms with Crippen LogP contribution in [0, 0.1) is 6.92 Å². The van der Waals surface area contributed by atoms with Gasteiger partial charge in [-0.2, -0.15) is 0 Å². The Balaban J connectivity index is 1.73. The summed E-state index contributed by atoms with van der Waals surface area (Å²) in [6.07, 6.45) is -2.73. The number of amides is 1. The van der Waals surface area contributed by atoms with Gasteiger partial charge in [0.1, 0.15) is 18.8 Å². The van der Waals surface area contributed by atoms with Gasteiger partial charge in [-0.15, -0.1) is 11.3 Å². The van der Waals surface area contributed by atoms with E-state index in [0.717, 1.165) is 10.4 Å². The number of benzene rings is 1. The second-order valence-electron chi connectivity index (χ2n) is 4.90. The molecule has 0 radical (unpaired) electrons. The molecule has 0 aliphatic carbocycles. The Morgan fingerprint density at radius 3 is 2.59 bits per heavy atom. The van der Waals surface area contributed by atoms with Gasteiger partial charge < -0.3 is 20.3 Å². The Morgan fingerprint density at radius 1 is 1.23 bits per heavy atom. The average molecular weight is 321 g/mol. The molecule has 1 aromatic heterocycles.